The molecule has 0 radical (unpaired) electrons. The highest BCUT2D eigenvalue weighted by Crippen LogP contribution is 2.45. The largest absolute Gasteiger partial charge is 0.480 e. The first kappa shape index (κ1) is 15.4. The molecule has 2 N–H and O–H groups in total. The fourth-order valence-corrected chi connectivity index (χ4v) is 3.80. The molecule has 114 valence electrons. The minimum atomic E-state index is -0.929. The van der Waals surface area contributed by atoms with E-state index < -0.39 is 17.6 Å². The molecule has 2 amide bonds. The van der Waals surface area contributed by atoms with Crippen molar-refractivity contribution in [3.8, 4) is 0 Å². The molecule has 0 aromatic rings. The van der Waals surface area contributed by atoms with Crippen molar-refractivity contribution in [2.24, 2.45) is 5.92 Å². The van der Waals surface area contributed by atoms with Crippen LogP contribution in [0.2, 0.25) is 0 Å². The number of nitrogens with zero attached hydrogens (tertiary/aromatic N) is 1. The SMILES string of the molecule is COC(C)(C)CNC(=O)N1C(C(=O)O)CSC1C1CC1. The molecule has 1 saturated carbocycles. The molecule has 2 atom stereocenters. The van der Waals surface area contributed by atoms with Gasteiger partial charge in [-0.1, -0.05) is 0 Å². The van der Waals surface area contributed by atoms with E-state index in [2.05, 4.69) is 5.32 Å². The zero-order valence-electron chi connectivity index (χ0n) is 12.1. The molecular weight excluding hydrogens is 280 g/mol. The first-order valence-corrected chi connectivity index (χ1v) is 7.86. The number of hydrogen-bond donors (Lipinski definition) is 2. The molecule has 1 saturated heterocycles. The molecule has 0 spiro atoms. The Bertz CT molecular complexity index is 398. The van der Waals surface area contributed by atoms with E-state index in [-0.39, 0.29) is 11.4 Å². The summed E-state index contributed by atoms with van der Waals surface area (Å²) in [6, 6.07) is -1.03. The summed E-state index contributed by atoms with van der Waals surface area (Å²) >= 11 is 1.58. The Labute approximate surface area is 123 Å². The number of carboxylic acids is 1. The van der Waals surface area contributed by atoms with Crippen molar-refractivity contribution in [3.63, 3.8) is 0 Å². The van der Waals surface area contributed by atoms with E-state index in [1.165, 1.54) is 4.90 Å². The fourth-order valence-electron chi connectivity index (χ4n) is 2.17. The number of ether oxygens (including phenoxy) is 1. The van der Waals surface area contributed by atoms with Crippen LogP contribution in [-0.2, 0) is 9.53 Å². The van der Waals surface area contributed by atoms with Crippen LogP contribution in [0.25, 0.3) is 0 Å². The average molecular weight is 302 g/mol. The summed E-state index contributed by atoms with van der Waals surface area (Å²) in [5, 5.41) is 12.1. The number of hydrogen-bond acceptors (Lipinski definition) is 4. The number of rotatable bonds is 5. The first-order chi connectivity index (χ1) is 9.35. The Morgan fingerprint density at radius 1 is 1.45 bits per heavy atom. The molecule has 7 heteroatoms. The Morgan fingerprint density at radius 3 is 2.60 bits per heavy atom. The van der Waals surface area contributed by atoms with E-state index in [9.17, 15) is 14.7 Å². The van der Waals surface area contributed by atoms with Crippen molar-refractivity contribution in [3.05, 3.63) is 0 Å². The monoisotopic (exact) mass is 302 g/mol. The maximum Gasteiger partial charge on any atom is 0.327 e. The molecule has 0 bridgehead atoms. The number of nitrogens with one attached hydrogen (secondary N) is 1. The van der Waals surface area contributed by atoms with Crippen molar-refractivity contribution in [2.75, 3.05) is 19.4 Å². The van der Waals surface area contributed by atoms with Gasteiger partial charge in [-0.15, -0.1) is 11.8 Å². The highest BCUT2D eigenvalue weighted by Gasteiger charge is 2.48. The molecule has 2 unspecified atom stereocenters. The van der Waals surface area contributed by atoms with Gasteiger partial charge in [0.1, 0.15) is 6.04 Å². The van der Waals surface area contributed by atoms with Crippen LogP contribution in [0.1, 0.15) is 26.7 Å². The van der Waals surface area contributed by atoms with Crippen LogP contribution in [-0.4, -0.2) is 58.4 Å². The van der Waals surface area contributed by atoms with Gasteiger partial charge in [-0.3, -0.25) is 4.90 Å². The number of amides is 2. The van der Waals surface area contributed by atoms with Gasteiger partial charge < -0.3 is 15.2 Å². The number of aliphatic carboxylic acids is 1. The van der Waals surface area contributed by atoms with Crippen molar-refractivity contribution >= 4 is 23.8 Å². The van der Waals surface area contributed by atoms with E-state index in [1.54, 1.807) is 18.9 Å². The molecule has 1 aliphatic carbocycles. The van der Waals surface area contributed by atoms with Crippen LogP contribution >= 0.6 is 11.8 Å². The lowest BCUT2D eigenvalue weighted by Gasteiger charge is -2.30. The van der Waals surface area contributed by atoms with Crippen molar-refractivity contribution in [2.45, 2.75) is 43.7 Å². The molecule has 20 heavy (non-hydrogen) atoms. The first-order valence-electron chi connectivity index (χ1n) is 6.81. The van der Waals surface area contributed by atoms with Gasteiger partial charge in [0.2, 0.25) is 0 Å². The molecule has 0 aromatic carbocycles. The van der Waals surface area contributed by atoms with Gasteiger partial charge in [-0.2, -0.15) is 0 Å². The predicted octanol–water partition coefficient (Wildman–Crippen LogP) is 1.36. The second-order valence-corrected chi connectivity index (χ2v) is 7.09. The topological polar surface area (TPSA) is 78.9 Å². The molecule has 2 rings (SSSR count). The number of methoxy groups -OCH3 is 1. The lowest BCUT2D eigenvalue weighted by molar-refractivity contribution is -0.141. The number of carbonyl (C=O) groups is 2. The minimum absolute atomic E-state index is 0.00163. The van der Waals surface area contributed by atoms with E-state index in [1.807, 2.05) is 13.8 Å². The van der Waals surface area contributed by atoms with E-state index in [0.717, 1.165) is 12.8 Å². The summed E-state index contributed by atoms with van der Waals surface area (Å²) in [7, 11) is 1.59. The third kappa shape index (κ3) is 3.38. The molecule has 2 aliphatic rings. The van der Waals surface area contributed by atoms with Crippen LogP contribution in [0.4, 0.5) is 4.79 Å². The maximum absolute atomic E-state index is 12.3. The summed E-state index contributed by atoms with van der Waals surface area (Å²) in [6.45, 7) is 4.10. The van der Waals surface area contributed by atoms with Gasteiger partial charge in [-0.05, 0) is 32.6 Å². The maximum atomic E-state index is 12.3. The zero-order chi connectivity index (χ0) is 14.9. The second kappa shape index (κ2) is 5.81. The summed E-state index contributed by atoms with van der Waals surface area (Å²) in [5.41, 5.74) is -0.462. The van der Waals surface area contributed by atoms with Gasteiger partial charge in [-0.25, -0.2) is 9.59 Å². The van der Waals surface area contributed by atoms with Crippen molar-refractivity contribution in [1.29, 1.82) is 0 Å². The minimum Gasteiger partial charge on any atom is -0.480 e. The van der Waals surface area contributed by atoms with E-state index >= 15 is 0 Å². The lowest BCUT2D eigenvalue weighted by Crippen LogP contribution is -2.53. The van der Waals surface area contributed by atoms with Crippen LogP contribution in [0.3, 0.4) is 0 Å². The predicted molar refractivity (Wildman–Crippen MR) is 76.7 cm³/mol. The molecule has 0 aromatic heterocycles. The smallest absolute Gasteiger partial charge is 0.327 e. The Kier molecular flexibility index (Phi) is 4.49. The van der Waals surface area contributed by atoms with Crippen LogP contribution in [0, 0.1) is 5.92 Å². The zero-order valence-corrected chi connectivity index (χ0v) is 12.9. The highest BCUT2D eigenvalue weighted by molar-refractivity contribution is 8.00. The fraction of sp³-hybridized carbons (Fsp3) is 0.846. The molecule has 6 nitrogen and oxygen atoms in total. The number of thioether (sulfide) groups is 1. The van der Waals surface area contributed by atoms with Crippen molar-refractivity contribution < 1.29 is 19.4 Å². The summed E-state index contributed by atoms with van der Waals surface area (Å²) in [5.74, 6) is -0.00949. The van der Waals surface area contributed by atoms with Crippen LogP contribution in [0.15, 0.2) is 0 Å². The Balaban J connectivity index is 2.01. The van der Waals surface area contributed by atoms with Gasteiger partial charge in [0.05, 0.1) is 11.0 Å². The second-order valence-electron chi connectivity index (χ2n) is 5.95. The van der Waals surface area contributed by atoms with Crippen molar-refractivity contribution in [1.82, 2.24) is 10.2 Å². The number of carbonyl (C=O) groups excluding carboxylic acids is 1. The highest BCUT2D eigenvalue weighted by atomic mass is 32.2. The normalized spacial score (nSPS) is 26.6. The van der Waals surface area contributed by atoms with E-state index in [0.29, 0.717) is 18.2 Å². The standard InChI is InChI=1S/C13H22N2O4S/c1-13(2,19-3)7-14-12(18)15-9(11(16)17)6-20-10(15)8-4-5-8/h8-10H,4-7H2,1-3H3,(H,14,18)(H,16,17). The van der Waals surface area contributed by atoms with Gasteiger partial charge >= 0.3 is 12.0 Å². The van der Waals surface area contributed by atoms with Crippen LogP contribution < -0.4 is 5.32 Å². The molecule has 1 heterocycles. The Hall–Kier alpha value is -0.950. The van der Waals surface area contributed by atoms with Gasteiger partial charge in [0.15, 0.2) is 0 Å². The quantitative estimate of drug-likeness (QED) is 0.801. The van der Waals surface area contributed by atoms with E-state index in [4.69, 9.17) is 4.74 Å². The van der Waals surface area contributed by atoms with Crippen LogP contribution in [0.5, 0.6) is 0 Å². The summed E-state index contributed by atoms with van der Waals surface area (Å²) in [4.78, 5) is 25.2. The summed E-state index contributed by atoms with van der Waals surface area (Å²) in [6.07, 6.45) is 2.16. The molecular formula is C13H22N2O4S. The third-order valence-electron chi connectivity index (χ3n) is 3.80. The molecule has 1 aliphatic heterocycles. The van der Waals surface area contributed by atoms with Gasteiger partial charge in [0.25, 0.3) is 0 Å². The number of carboxylic acid groups (broad SMARTS) is 1. The Morgan fingerprint density at radius 2 is 2.10 bits per heavy atom. The summed E-state index contributed by atoms with van der Waals surface area (Å²) < 4.78 is 5.26. The third-order valence-corrected chi connectivity index (χ3v) is 5.26. The number of urea groups is 1. The average Bonchev–Trinajstić information content (AvgIpc) is 3.14. The molecule has 2 fully saturated rings. The lowest BCUT2D eigenvalue weighted by atomic mass is 10.1. The van der Waals surface area contributed by atoms with Gasteiger partial charge in [0, 0.05) is 19.4 Å².